The van der Waals surface area contributed by atoms with Crippen LogP contribution in [0.4, 0.5) is 5.69 Å². The van der Waals surface area contributed by atoms with E-state index in [4.69, 9.17) is 4.74 Å². The third-order valence-electron chi connectivity index (χ3n) is 3.42. The molecule has 0 aliphatic rings. The van der Waals surface area contributed by atoms with Crippen LogP contribution in [-0.4, -0.2) is 31.6 Å². The van der Waals surface area contributed by atoms with E-state index in [-0.39, 0.29) is 5.91 Å². The van der Waals surface area contributed by atoms with Crippen molar-refractivity contribution in [2.45, 2.75) is 20.4 Å². The highest BCUT2D eigenvalue weighted by Crippen LogP contribution is 2.16. The van der Waals surface area contributed by atoms with Gasteiger partial charge in [0, 0.05) is 25.2 Å². The van der Waals surface area contributed by atoms with Crippen LogP contribution < -0.4 is 20.7 Å². The molecule has 26 heavy (non-hydrogen) atoms. The number of rotatable bonds is 8. The quantitative estimate of drug-likeness (QED) is 0.387. The number of anilines is 1. The molecule has 0 heterocycles. The molecule has 2 aromatic rings. The van der Waals surface area contributed by atoms with Gasteiger partial charge in [0.15, 0.2) is 5.96 Å². The van der Waals surface area contributed by atoms with Crippen LogP contribution in [-0.2, 0) is 11.3 Å². The molecular formula is C20H26N4O2. The Labute approximate surface area is 154 Å². The molecule has 6 heteroatoms. The Morgan fingerprint density at radius 3 is 2.62 bits per heavy atom. The standard InChI is InChI=1S/C20H26N4O2/c1-3-21-20(23-15-17-8-5-4-6-9-17)22-12-13-26-19-11-7-10-18(14-19)24-16(2)25/h4-11,14H,3,12-13,15H2,1-2H3,(H,24,25)(H2,21,22,23). The van der Waals surface area contributed by atoms with Crippen LogP contribution in [0, 0.1) is 0 Å². The lowest BCUT2D eigenvalue weighted by Crippen LogP contribution is -2.39. The maximum absolute atomic E-state index is 11.1. The fraction of sp³-hybridized carbons (Fsp3) is 0.300. The van der Waals surface area contributed by atoms with E-state index in [0.29, 0.717) is 25.4 Å². The topological polar surface area (TPSA) is 74.8 Å². The van der Waals surface area contributed by atoms with Gasteiger partial charge in [-0.1, -0.05) is 36.4 Å². The second-order valence-corrected chi connectivity index (χ2v) is 5.67. The summed E-state index contributed by atoms with van der Waals surface area (Å²) in [7, 11) is 0. The first-order valence-corrected chi connectivity index (χ1v) is 8.74. The number of hydrogen-bond donors (Lipinski definition) is 3. The van der Waals surface area contributed by atoms with E-state index < -0.39 is 0 Å². The van der Waals surface area contributed by atoms with Crippen LogP contribution in [0.3, 0.4) is 0 Å². The Hall–Kier alpha value is -3.02. The van der Waals surface area contributed by atoms with Gasteiger partial charge in [-0.2, -0.15) is 0 Å². The van der Waals surface area contributed by atoms with E-state index in [1.807, 2.05) is 43.3 Å². The van der Waals surface area contributed by atoms with Crippen molar-refractivity contribution in [3.05, 3.63) is 60.2 Å². The third-order valence-corrected chi connectivity index (χ3v) is 3.42. The number of guanidine groups is 1. The van der Waals surface area contributed by atoms with Gasteiger partial charge in [0.1, 0.15) is 12.4 Å². The summed E-state index contributed by atoms with van der Waals surface area (Å²) < 4.78 is 5.72. The van der Waals surface area contributed by atoms with Crippen LogP contribution >= 0.6 is 0 Å². The largest absolute Gasteiger partial charge is 0.492 e. The summed E-state index contributed by atoms with van der Waals surface area (Å²) in [4.78, 5) is 15.7. The van der Waals surface area contributed by atoms with Gasteiger partial charge in [-0.05, 0) is 24.6 Å². The predicted octanol–water partition coefficient (Wildman–Crippen LogP) is 2.78. The molecule has 0 aliphatic heterocycles. The molecule has 0 saturated heterocycles. The second-order valence-electron chi connectivity index (χ2n) is 5.67. The number of aliphatic imine (C=N–C) groups is 1. The summed E-state index contributed by atoms with van der Waals surface area (Å²) in [5.74, 6) is 1.37. The Bertz CT molecular complexity index is 717. The van der Waals surface area contributed by atoms with Gasteiger partial charge in [0.25, 0.3) is 0 Å². The molecule has 1 amide bonds. The summed E-state index contributed by atoms with van der Waals surface area (Å²) in [6, 6.07) is 17.5. The molecule has 2 rings (SSSR count). The lowest BCUT2D eigenvalue weighted by Gasteiger charge is -2.12. The van der Waals surface area contributed by atoms with Crippen LogP contribution in [0.5, 0.6) is 5.75 Å². The third kappa shape index (κ3) is 7.25. The zero-order chi connectivity index (χ0) is 18.6. The molecule has 0 atom stereocenters. The van der Waals surface area contributed by atoms with E-state index in [1.165, 1.54) is 6.92 Å². The highest BCUT2D eigenvalue weighted by molar-refractivity contribution is 5.88. The van der Waals surface area contributed by atoms with Gasteiger partial charge in [0.05, 0.1) is 13.1 Å². The van der Waals surface area contributed by atoms with Gasteiger partial charge in [0.2, 0.25) is 5.91 Å². The van der Waals surface area contributed by atoms with E-state index in [9.17, 15) is 4.79 Å². The van der Waals surface area contributed by atoms with Gasteiger partial charge in [-0.3, -0.25) is 4.79 Å². The van der Waals surface area contributed by atoms with Crippen molar-refractivity contribution in [3.63, 3.8) is 0 Å². The summed E-state index contributed by atoms with van der Waals surface area (Å²) >= 11 is 0. The molecule has 6 nitrogen and oxygen atoms in total. The van der Waals surface area contributed by atoms with E-state index in [1.54, 1.807) is 6.07 Å². The SMILES string of the molecule is CCNC(=NCc1ccccc1)NCCOc1cccc(NC(C)=O)c1. The number of carbonyl (C=O) groups excluding carboxylic acids is 1. The Balaban J connectivity index is 1.79. The Morgan fingerprint density at radius 2 is 1.88 bits per heavy atom. The van der Waals surface area contributed by atoms with Gasteiger partial charge >= 0.3 is 0 Å². The number of amides is 1. The molecule has 0 radical (unpaired) electrons. The first-order valence-electron chi connectivity index (χ1n) is 8.74. The van der Waals surface area contributed by atoms with Crippen LogP contribution in [0.2, 0.25) is 0 Å². The molecule has 0 fully saturated rings. The molecule has 3 N–H and O–H groups in total. The molecule has 0 saturated carbocycles. The molecule has 0 aliphatic carbocycles. The summed E-state index contributed by atoms with van der Waals surface area (Å²) in [5.41, 5.74) is 1.89. The van der Waals surface area contributed by atoms with Crippen molar-refractivity contribution >= 4 is 17.6 Å². The van der Waals surface area contributed by atoms with Gasteiger partial charge in [-0.15, -0.1) is 0 Å². The smallest absolute Gasteiger partial charge is 0.221 e. The number of hydrogen-bond acceptors (Lipinski definition) is 3. The zero-order valence-electron chi connectivity index (χ0n) is 15.3. The van der Waals surface area contributed by atoms with Crippen LogP contribution in [0.1, 0.15) is 19.4 Å². The monoisotopic (exact) mass is 354 g/mol. The van der Waals surface area contributed by atoms with Crippen molar-refractivity contribution in [1.82, 2.24) is 10.6 Å². The number of nitrogens with zero attached hydrogens (tertiary/aromatic N) is 1. The van der Waals surface area contributed by atoms with E-state index in [0.717, 1.165) is 23.8 Å². The van der Waals surface area contributed by atoms with Gasteiger partial charge < -0.3 is 20.7 Å². The minimum atomic E-state index is -0.103. The maximum atomic E-state index is 11.1. The summed E-state index contributed by atoms with van der Waals surface area (Å²) in [5, 5.41) is 9.21. The normalized spacial score (nSPS) is 10.9. The number of nitrogens with one attached hydrogen (secondary N) is 3. The lowest BCUT2D eigenvalue weighted by molar-refractivity contribution is -0.114. The van der Waals surface area contributed by atoms with Crippen LogP contribution in [0.15, 0.2) is 59.6 Å². The van der Waals surface area contributed by atoms with Crippen LogP contribution in [0.25, 0.3) is 0 Å². The predicted molar refractivity (Wildman–Crippen MR) is 106 cm³/mol. The van der Waals surface area contributed by atoms with E-state index in [2.05, 4.69) is 33.1 Å². The Kier molecular flexibility index (Phi) is 7.99. The molecule has 0 spiro atoms. The maximum Gasteiger partial charge on any atom is 0.221 e. The minimum absolute atomic E-state index is 0.103. The van der Waals surface area contributed by atoms with Crippen molar-refractivity contribution in [2.24, 2.45) is 4.99 Å². The first kappa shape index (κ1) is 19.3. The highest BCUT2D eigenvalue weighted by Gasteiger charge is 2.00. The molecular weight excluding hydrogens is 328 g/mol. The molecule has 0 unspecified atom stereocenters. The fourth-order valence-corrected chi connectivity index (χ4v) is 2.30. The minimum Gasteiger partial charge on any atom is -0.492 e. The van der Waals surface area contributed by atoms with Crippen molar-refractivity contribution in [2.75, 3.05) is 25.0 Å². The van der Waals surface area contributed by atoms with Gasteiger partial charge in [-0.25, -0.2) is 4.99 Å². The second kappa shape index (κ2) is 10.8. The van der Waals surface area contributed by atoms with Crippen molar-refractivity contribution in [1.29, 1.82) is 0 Å². The number of benzene rings is 2. The fourth-order valence-electron chi connectivity index (χ4n) is 2.30. The number of ether oxygens (including phenoxy) is 1. The lowest BCUT2D eigenvalue weighted by atomic mass is 10.2. The molecule has 0 aromatic heterocycles. The Morgan fingerprint density at radius 1 is 1.08 bits per heavy atom. The first-order chi connectivity index (χ1) is 12.7. The average Bonchev–Trinajstić information content (AvgIpc) is 2.64. The summed E-state index contributed by atoms with van der Waals surface area (Å²) in [6.07, 6.45) is 0. The van der Waals surface area contributed by atoms with Crippen molar-refractivity contribution in [3.8, 4) is 5.75 Å². The highest BCUT2D eigenvalue weighted by atomic mass is 16.5. The summed E-state index contributed by atoms with van der Waals surface area (Å²) in [6.45, 7) is 6.03. The van der Waals surface area contributed by atoms with Crippen molar-refractivity contribution < 1.29 is 9.53 Å². The number of carbonyl (C=O) groups is 1. The zero-order valence-corrected chi connectivity index (χ0v) is 15.3. The molecule has 2 aromatic carbocycles. The molecule has 0 bridgehead atoms. The van der Waals surface area contributed by atoms with E-state index >= 15 is 0 Å². The average molecular weight is 354 g/mol. The molecule has 138 valence electrons.